The number of benzene rings is 1. The molecule has 78 valence electrons. The molecule has 7 heteroatoms. The molecule has 0 spiro atoms. The van der Waals surface area contributed by atoms with Crippen LogP contribution in [0.5, 0.6) is 0 Å². The molecule has 0 heterocycles. The Kier molecular flexibility index (Phi) is 3.91. The molecule has 0 saturated carbocycles. The Morgan fingerprint density at radius 3 is 2.07 bits per heavy atom. The summed E-state index contributed by atoms with van der Waals surface area (Å²) in [4.78, 5) is 10.5. The molecule has 0 atom stereocenters. The van der Waals surface area contributed by atoms with E-state index in [4.69, 9.17) is 9.30 Å². The van der Waals surface area contributed by atoms with Crippen molar-refractivity contribution in [1.29, 1.82) is 0 Å². The number of rotatable bonds is 2. The topological polar surface area (TPSA) is 127 Å². The second-order valence-electron chi connectivity index (χ2n) is 2.28. The summed E-state index contributed by atoms with van der Waals surface area (Å²) < 4.78 is 29.6. The molecule has 0 unspecified atom stereocenters. The molecule has 1 rings (SSSR count). The second-order valence-corrected chi connectivity index (χ2v) is 5.19. The van der Waals surface area contributed by atoms with Gasteiger partial charge in [0.25, 0.3) is 0 Å². The molecule has 0 aliphatic rings. The van der Waals surface area contributed by atoms with Crippen molar-refractivity contribution in [1.82, 2.24) is 6.15 Å². The second kappa shape index (κ2) is 4.30. The SMILES string of the molecule is N.O=C(O)c1ccccc1[Se](=O)(=O)O. The maximum absolute atomic E-state index is 10.7. The van der Waals surface area contributed by atoms with Crippen molar-refractivity contribution >= 4 is 23.5 Å². The van der Waals surface area contributed by atoms with E-state index >= 15 is 0 Å². The fraction of sp³-hybridized carbons (Fsp3) is 0. The summed E-state index contributed by atoms with van der Waals surface area (Å²) in [5, 5.41) is 8.57. The predicted molar refractivity (Wildman–Crippen MR) is 47.4 cm³/mol. The minimum absolute atomic E-state index is 0. The molecular weight excluding hydrogens is 257 g/mol. The Labute approximate surface area is 81.7 Å². The third-order valence-electron chi connectivity index (χ3n) is 1.40. The van der Waals surface area contributed by atoms with E-state index in [0.717, 1.165) is 12.1 Å². The van der Waals surface area contributed by atoms with Crippen molar-refractivity contribution in [3.05, 3.63) is 29.8 Å². The van der Waals surface area contributed by atoms with Crippen LogP contribution in [0.25, 0.3) is 0 Å². The number of aromatic carboxylic acids is 1. The van der Waals surface area contributed by atoms with Crippen LogP contribution < -0.4 is 10.6 Å². The molecule has 1 aromatic rings. The van der Waals surface area contributed by atoms with Gasteiger partial charge in [0.05, 0.1) is 0 Å². The van der Waals surface area contributed by atoms with Gasteiger partial charge in [-0.25, -0.2) is 0 Å². The Balaban J connectivity index is 0.00000169. The molecule has 0 bridgehead atoms. The summed E-state index contributed by atoms with van der Waals surface area (Å²) in [6.45, 7) is 0. The van der Waals surface area contributed by atoms with Crippen molar-refractivity contribution in [3.8, 4) is 0 Å². The van der Waals surface area contributed by atoms with Gasteiger partial charge in [0.15, 0.2) is 0 Å². The summed E-state index contributed by atoms with van der Waals surface area (Å²) in [6, 6.07) is 4.91. The Hall–Kier alpha value is -1.27. The molecule has 0 radical (unpaired) electrons. The summed E-state index contributed by atoms with van der Waals surface area (Å²) in [5.41, 5.74) is -0.407. The van der Waals surface area contributed by atoms with Crippen LogP contribution in [-0.4, -0.2) is 28.3 Å². The van der Waals surface area contributed by atoms with Gasteiger partial charge in [-0.15, -0.1) is 0 Å². The van der Waals surface area contributed by atoms with E-state index < -0.39 is 29.0 Å². The average molecular weight is 266 g/mol. The first kappa shape index (κ1) is 12.7. The van der Waals surface area contributed by atoms with Crippen molar-refractivity contribution in [2.45, 2.75) is 0 Å². The Morgan fingerprint density at radius 2 is 1.71 bits per heavy atom. The average Bonchev–Trinajstić information content (AvgIpc) is 2.03. The minimum atomic E-state index is -5.20. The van der Waals surface area contributed by atoms with Crippen LogP contribution in [0.15, 0.2) is 24.3 Å². The van der Waals surface area contributed by atoms with E-state index in [1.807, 2.05) is 0 Å². The van der Waals surface area contributed by atoms with E-state index in [9.17, 15) is 12.5 Å². The maximum atomic E-state index is 10.7. The first-order valence-corrected chi connectivity index (χ1v) is 6.25. The summed E-state index contributed by atoms with van der Waals surface area (Å²) in [7, 11) is 0. The number of carbonyl (C=O) groups is 1. The molecule has 0 aliphatic carbocycles. The third-order valence-corrected chi connectivity index (χ3v) is 3.31. The molecule has 1 aromatic carbocycles. The van der Waals surface area contributed by atoms with E-state index in [1.54, 1.807) is 0 Å². The standard InChI is InChI=1S/C7H6O5Se.H3N/c8-7(9)5-3-1-2-4-6(5)13(10,11)12;/h1-4H,(H,8,9)(H,10,11,12);1H3. The normalized spacial score (nSPS) is 10.4. The van der Waals surface area contributed by atoms with Gasteiger partial charge in [0.2, 0.25) is 0 Å². The molecule has 0 aromatic heterocycles. The van der Waals surface area contributed by atoms with Crippen molar-refractivity contribution < 1.29 is 21.8 Å². The zero-order valence-electron chi connectivity index (χ0n) is 7.04. The summed E-state index contributed by atoms with van der Waals surface area (Å²) in [5.74, 6) is -1.38. The number of carboxylic acids is 1. The van der Waals surface area contributed by atoms with Crippen LogP contribution in [0.1, 0.15) is 10.4 Å². The first-order valence-electron chi connectivity index (χ1n) is 3.23. The van der Waals surface area contributed by atoms with Crippen molar-refractivity contribution in [3.63, 3.8) is 0 Å². The molecule has 14 heavy (non-hydrogen) atoms. The molecule has 0 saturated heterocycles. The van der Waals surface area contributed by atoms with Gasteiger partial charge in [-0.3, -0.25) is 0 Å². The van der Waals surface area contributed by atoms with Gasteiger partial charge < -0.3 is 6.15 Å². The number of hydrogen-bond acceptors (Lipinski definition) is 4. The summed E-state index contributed by atoms with van der Waals surface area (Å²) >= 11 is -5.20. The Morgan fingerprint density at radius 1 is 1.21 bits per heavy atom. The van der Waals surface area contributed by atoms with Gasteiger partial charge in [0, 0.05) is 0 Å². The molecule has 0 aliphatic heterocycles. The van der Waals surface area contributed by atoms with Crippen LogP contribution >= 0.6 is 0 Å². The zero-order chi connectivity index (χ0) is 10.1. The van der Waals surface area contributed by atoms with Crippen LogP contribution in [0.4, 0.5) is 0 Å². The van der Waals surface area contributed by atoms with Crippen LogP contribution in [0.3, 0.4) is 0 Å². The Bertz CT molecular complexity index is 439. The van der Waals surface area contributed by atoms with Gasteiger partial charge in [-0.2, -0.15) is 0 Å². The third kappa shape index (κ3) is 2.61. The first-order chi connectivity index (χ1) is 5.93. The fourth-order valence-corrected chi connectivity index (χ4v) is 2.30. The van der Waals surface area contributed by atoms with Gasteiger partial charge in [-0.05, 0) is 0 Å². The van der Waals surface area contributed by atoms with Gasteiger partial charge in [0.1, 0.15) is 0 Å². The van der Waals surface area contributed by atoms with Crippen molar-refractivity contribution in [2.75, 3.05) is 0 Å². The summed E-state index contributed by atoms with van der Waals surface area (Å²) in [6.07, 6.45) is 0. The van der Waals surface area contributed by atoms with E-state index in [0.29, 0.717) is 0 Å². The number of hydrogen-bond donors (Lipinski definition) is 3. The van der Waals surface area contributed by atoms with E-state index in [2.05, 4.69) is 0 Å². The predicted octanol–water partition coefficient (Wildman–Crippen LogP) is -0.454. The van der Waals surface area contributed by atoms with Gasteiger partial charge in [-0.1, -0.05) is 0 Å². The van der Waals surface area contributed by atoms with Crippen molar-refractivity contribution in [2.24, 2.45) is 0 Å². The monoisotopic (exact) mass is 267 g/mol. The fourth-order valence-electron chi connectivity index (χ4n) is 0.868. The molecule has 5 N–H and O–H groups in total. The molecular formula is C7H9NO5Se. The quantitative estimate of drug-likeness (QED) is 0.622. The number of carboxylic acid groups (broad SMARTS) is 1. The van der Waals surface area contributed by atoms with E-state index in [-0.39, 0.29) is 6.15 Å². The molecule has 0 amide bonds. The van der Waals surface area contributed by atoms with E-state index in [1.165, 1.54) is 12.1 Å². The molecule has 0 fully saturated rings. The van der Waals surface area contributed by atoms with Crippen LogP contribution in [-0.2, 0) is 7.67 Å². The van der Waals surface area contributed by atoms with Crippen LogP contribution in [0, 0.1) is 0 Å². The van der Waals surface area contributed by atoms with Crippen LogP contribution in [0.2, 0.25) is 0 Å². The molecule has 6 nitrogen and oxygen atoms in total. The zero-order valence-corrected chi connectivity index (χ0v) is 8.76. The van der Waals surface area contributed by atoms with Gasteiger partial charge >= 0.3 is 75.1 Å².